The van der Waals surface area contributed by atoms with Crippen LogP contribution in [0.3, 0.4) is 0 Å². The van der Waals surface area contributed by atoms with E-state index in [1.165, 1.54) is 23.6 Å². The number of nitrogens with one attached hydrogen (secondary N) is 1. The lowest BCUT2D eigenvalue weighted by atomic mass is 10.3. The van der Waals surface area contributed by atoms with Crippen LogP contribution in [0, 0.1) is 5.95 Å². The van der Waals surface area contributed by atoms with Crippen LogP contribution < -0.4 is 5.32 Å². The number of carbonyl (C=O) groups is 1. The average Bonchev–Trinajstić information content (AvgIpc) is 2.65. The number of pyridine rings is 1. The number of carbonyl (C=O) groups excluding carboxylic acids is 1. The van der Waals surface area contributed by atoms with Gasteiger partial charge in [0, 0.05) is 6.20 Å². The molecule has 1 N–H and O–H groups in total. The Bertz CT molecular complexity index is 514. The molecule has 16 heavy (non-hydrogen) atoms. The quantitative estimate of drug-likeness (QED) is 0.868. The molecule has 2 aromatic heterocycles. The molecule has 2 aromatic rings. The highest BCUT2D eigenvalue weighted by Gasteiger charge is 2.08. The molecule has 0 aliphatic carbocycles. The van der Waals surface area contributed by atoms with Gasteiger partial charge in [0.1, 0.15) is 0 Å². The number of halogens is 2. The van der Waals surface area contributed by atoms with Crippen LogP contribution in [0.4, 0.5) is 9.52 Å². The third kappa shape index (κ3) is 2.61. The summed E-state index contributed by atoms with van der Waals surface area (Å²) >= 11 is 4.52. The standard InChI is InChI=1S/C9H5BrFN3OS/c10-6-4-13-9(16-6)14-8(15)5-1-2-7(11)12-3-5/h1-4H,(H,13,14,15). The predicted molar refractivity (Wildman–Crippen MR) is 62.0 cm³/mol. The molecule has 0 saturated heterocycles. The van der Waals surface area contributed by atoms with Crippen molar-refractivity contribution in [2.45, 2.75) is 0 Å². The number of thiazole rings is 1. The zero-order valence-corrected chi connectivity index (χ0v) is 10.2. The minimum atomic E-state index is -0.617. The van der Waals surface area contributed by atoms with Gasteiger partial charge in [0.25, 0.3) is 5.91 Å². The molecule has 0 atom stereocenters. The molecule has 0 aliphatic heterocycles. The Morgan fingerprint density at radius 2 is 2.19 bits per heavy atom. The Morgan fingerprint density at radius 1 is 1.38 bits per heavy atom. The number of hydrogen-bond acceptors (Lipinski definition) is 4. The lowest BCUT2D eigenvalue weighted by Crippen LogP contribution is -2.11. The topological polar surface area (TPSA) is 54.9 Å². The van der Waals surface area contributed by atoms with Crippen LogP contribution in [0.5, 0.6) is 0 Å². The molecule has 0 aromatic carbocycles. The Kier molecular flexibility index (Phi) is 3.25. The number of nitrogens with zero attached hydrogens (tertiary/aromatic N) is 2. The van der Waals surface area contributed by atoms with E-state index < -0.39 is 5.95 Å². The summed E-state index contributed by atoms with van der Waals surface area (Å²) < 4.78 is 13.3. The van der Waals surface area contributed by atoms with Crippen molar-refractivity contribution in [1.82, 2.24) is 9.97 Å². The van der Waals surface area contributed by atoms with Gasteiger partial charge in [0.2, 0.25) is 5.95 Å². The maximum absolute atomic E-state index is 12.5. The van der Waals surface area contributed by atoms with E-state index in [1.807, 2.05) is 0 Å². The minimum absolute atomic E-state index is 0.285. The van der Waals surface area contributed by atoms with Crippen molar-refractivity contribution in [1.29, 1.82) is 0 Å². The molecule has 1 amide bonds. The van der Waals surface area contributed by atoms with Gasteiger partial charge in [0.15, 0.2) is 5.13 Å². The van der Waals surface area contributed by atoms with Crippen molar-refractivity contribution in [3.05, 3.63) is 39.8 Å². The summed E-state index contributed by atoms with van der Waals surface area (Å²) in [6.07, 6.45) is 2.76. The molecule has 0 radical (unpaired) electrons. The zero-order valence-electron chi connectivity index (χ0n) is 7.78. The fourth-order valence-corrected chi connectivity index (χ4v) is 2.09. The Labute approximate surface area is 103 Å². The summed E-state index contributed by atoms with van der Waals surface area (Å²) in [5, 5.41) is 3.05. The van der Waals surface area contributed by atoms with Crippen molar-refractivity contribution in [3.8, 4) is 0 Å². The van der Waals surface area contributed by atoms with Crippen LogP contribution in [-0.2, 0) is 0 Å². The van der Waals surface area contributed by atoms with E-state index in [-0.39, 0.29) is 11.5 Å². The summed E-state index contributed by atoms with van der Waals surface area (Å²) in [4.78, 5) is 18.9. The van der Waals surface area contributed by atoms with Gasteiger partial charge in [-0.3, -0.25) is 10.1 Å². The van der Waals surface area contributed by atoms with Gasteiger partial charge in [-0.25, -0.2) is 9.97 Å². The van der Waals surface area contributed by atoms with Gasteiger partial charge in [-0.05, 0) is 28.1 Å². The highest BCUT2D eigenvalue weighted by molar-refractivity contribution is 9.11. The largest absolute Gasteiger partial charge is 0.298 e. The van der Waals surface area contributed by atoms with E-state index in [0.717, 1.165) is 9.85 Å². The second kappa shape index (κ2) is 4.67. The van der Waals surface area contributed by atoms with Gasteiger partial charge >= 0.3 is 0 Å². The summed E-state index contributed by atoms with van der Waals surface area (Å²) in [6, 6.07) is 2.49. The SMILES string of the molecule is O=C(Nc1ncc(Br)s1)c1ccc(F)nc1. The van der Waals surface area contributed by atoms with Gasteiger partial charge in [-0.15, -0.1) is 0 Å². The Morgan fingerprint density at radius 3 is 2.75 bits per heavy atom. The van der Waals surface area contributed by atoms with Gasteiger partial charge in [-0.1, -0.05) is 11.3 Å². The first-order valence-electron chi connectivity index (χ1n) is 4.19. The van der Waals surface area contributed by atoms with Gasteiger partial charge in [0.05, 0.1) is 15.5 Å². The van der Waals surface area contributed by atoms with Gasteiger partial charge < -0.3 is 0 Å². The number of anilines is 1. The third-order valence-electron chi connectivity index (χ3n) is 1.69. The third-order valence-corrected chi connectivity index (χ3v) is 3.08. The van der Waals surface area contributed by atoms with Crippen molar-refractivity contribution in [3.63, 3.8) is 0 Å². The highest BCUT2D eigenvalue weighted by atomic mass is 79.9. The van der Waals surface area contributed by atoms with Crippen LogP contribution in [0.2, 0.25) is 0 Å². The number of amides is 1. The highest BCUT2D eigenvalue weighted by Crippen LogP contribution is 2.23. The molecule has 0 fully saturated rings. The Balaban J connectivity index is 2.11. The molecule has 2 heterocycles. The fraction of sp³-hybridized carbons (Fsp3) is 0. The molecule has 0 saturated carbocycles. The van der Waals surface area contributed by atoms with Crippen molar-refractivity contribution >= 4 is 38.3 Å². The molecule has 4 nitrogen and oxygen atoms in total. The van der Waals surface area contributed by atoms with Crippen LogP contribution in [0.15, 0.2) is 28.3 Å². The number of rotatable bonds is 2. The van der Waals surface area contributed by atoms with E-state index in [0.29, 0.717) is 5.13 Å². The molecule has 0 spiro atoms. The molecular formula is C9H5BrFN3OS. The van der Waals surface area contributed by atoms with Crippen LogP contribution in [-0.4, -0.2) is 15.9 Å². The molecule has 0 bridgehead atoms. The number of hydrogen-bond donors (Lipinski definition) is 1. The summed E-state index contributed by atoms with van der Waals surface area (Å²) in [5.74, 6) is -0.983. The van der Waals surface area contributed by atoms with Crippen molar-refractivity contribution < 1.29 is 9.18 Å². The van der Waals surface area contributed by atoms with Gasteiger partial charge in [-0.2, -0.15) is 4.39 Å². The maximum Gasteiger partial charge on any atom is 0.259 e. The molecule has 0 aliphatic rings. The second-order valence-corrected chi connectivity index (χ2v) is 5.20. The minimum Gasteiger partial charge on any atom is -0.298 e. The normalized spacial score (nSPS) is 10.1. The Hall–Kier alpha value is -1.34. The van der Waals surface area contributed by atoms with E-state index in [4.69, 9.17) is 0 Å². The lowest BCUT2D eigenvalue weighted by molar-refractivity contribution is 0.102. The summed E-state index contributed by atoms with van der Waals surface area (Å²) in [6.45, 7) is 0. The molecule has 0 unspecified atom stereocenters. The van der Waals surface area contributed by atoms with E-state index in [2.05, 4.69) is 31.2 Å². The fourth-order valence-electron chi connectivity index (χ4n) is 0.992. The average molecular weight is 302 g/mol. The summed E-state index contributed by atoms with van der Waals surface area (Å²) in [7, 11) is 0. The van der Waals surface area contributed by atoms with Crippen LogP contribution >= 0.6 is 27.3 Å². The first-order valence-corrected chi connectivity index (χ1v) is 5.80. The predicted octanol–water partition coefficient (Wildman–Crippen LogP) is 2.69. The monoisotopic (exact) mass is 301 g/mol. The van der Waals surface area contributed by atoms with Crippen molar-refractivity contribution in [2.75, 3.05) is 5.32 Å². The smallest absolute Gasteiger partial charge is 0.259 e. The molecular weight excluding hydrogens is 297 g/mol. The van der Waals surface area contributed by atoms with E-state index in [1.54, 1.807) is 6.20 Å². The van der Waals surface area contributed by atoms with E-state index >= 15 is 0 Å². The van der Waals surface area contributed by atoms with Crippen LogP contribution in [0.25, 0.3) is 0 Å². The molecule has 2 rings (SSSR count). The molecule has 82 valence electrons. The second-order valence-electron chi connectivity index (χ2n) is 2.79. The summed E-state index contributed by atoms with van der Waals surface area (Å²) in [5.41, 5.74) is 0.285. The number of aromatic nitrogens is 2. The molecule has 7 heteroatoms. The first-order chi connectivity index (χ1) is 7.65. The first kappa shape index (κ1) is 11.2. The van der Waals surface area contributed by atoms with Crippen LogP contribution in [0.1, 0.15) is 10.4 Å². The zero-order chi connectivity index (χ0) is 11.5. The van der Waals surface area contributed by atoms with Crippen molar-refractivity contribution in [2.24, 2.45) is 0 Å². The van der Waals surface area contributed by atoms with E-state index in [9.17, 15) is 9.18 Å². The maximum atomic E-state index is 12.5. The lowest BCUT2D eigenvalue weighted by Gasteiger charge is -2.00.